The minimum atomic E-state index is 0.318. The third-order valence-electron chi connectivity index (χ3n) is 2.70. The average molecular weight is 302 g/mol. The van der Waals surface area contributed by atoms with Crippen LogP contribution < -0.4 is 5.32 Å². The van der Waals surface area contributed by atoms with E-state index in [2.05, 4.69) is 30.4 Å². The Hall–Kier alpha value is -2.54. The van der Waals surface area contributed by atoms with Crippen molar-refractivity contribution >= 4 is 23.2 Å². The second kappa shape index (κ2) is 5.45. The van der Waals surface area contributed by atoms with Crippen LogP contribution >= 0.6 is 11.6 Å². The van der Waals surface area contributed by atoms with Crippen molar-refractivity contribution in [3.63, 3.8) is 0 Å². The van der Waals surface area contributed by atoms with Crippen LogP contribution in [0.15, 0.2) is 30.7 Å². The maximum Gasteiger partial charge on any atom is 0.254 e. The van der Waals surface area contributed by atoms with E-state index < -0.39 is 0 Å². The Kier molecular flexibility index (Phi) is 3.49. The first-order valence-corrected chi connectivity index (χ1v) is 6.61. The van der Waals surface area contributed by atoms with Crippen molar-refractivity contribution in [2.24, 2.45) is 0 Å². The maximum absolute atomic E-state index is 6.06. The lowest BCUT2D eigenvalue weighted by atomic mass is 10.4. The summed E-state index contributed by atoms with van der Waals surface area (Å²) in [6.07, 6.45) is 4.78. The lowest BCUT2D eigenvalue weighted by Gasteiger charge is -2.07. The SMILES string of the molecule is Cc1cc(C)n(-c2nc(Cl)cc(Nc3cnccn3)n2)n1. The summed E-state index contributed by atoms with van der Waals surface area (Å²) in [6, 6.07) is 3.56. The second-order valence-corrected chi connectivity index (χ2v) is 4.82. The van der Waals surface area contributed by atoms with Gasteiger partial charge in [-0.15, -0.1) is 0 Å². The molecule has 0 unspecified atom stereocenters. The van der Waals surface area contributed by atoms with Crippen LogP contribution in [0.2, 0.25) is 5.15 Å². The van der Waals surface area contributed by atoms with Crippen molar-refractivity contribution in [3.8, 4) is 5.95 Å². The summed E-state index contributed by atoms with van der Waals surface area (Å²) in [4.78, 5) is 16.7. The Balaban J connectivity index is 1.98. The molecule has 0 aliphatic heterocycles. The molecule has 0 saturated heterocycles. The van der Waals surface area contributed by atoms with Crippen LogP contribution in [0.25, 0.3) is 5.95 Å². The molecule has 1 N–H and O–H groups in total. The second-order valence-electron chi connectivity index (χ2n) is 4.43. The van der Waals surface area contributed by atoms with Gasteiger partial charge in [-0.3, -0.25) is 4.98 Å². The van der Waals surface area contributed by atoms with E-state index in [1.54, 1.807) is 29.3 Å². The molecule has 3 heterocycles. The van der Waals surface area contributed by atoms with Crippen LogP contribution in [-0.4, -0.2) is 29.7 Å². The molecule has 0 atom stereocenters. The number of halogens is 1. The molecule has 3 aromatic rings. The van der Waals surface area contributed by atoms with Gasteiger partial charge in [0.15, 0.2) is 0 Å². The van der Waals surface area contributed by atoms with E-state index in [9.17, 15) is 0 Å². The molecule has 8 heteroatoms. The van der Waals surface area contributed by atoms with Crippen LogP contribution in [0.4, 0.5) is 11.6 Å². The van der Waals surface area contributed by atoms with Gasteiger partial charge in [0.2, 0.25) is 0 Å². The van der Waals surface area contributed by atoms with E-state index in [4.69, 9.17) is 11.6 Å². The zero-order valence-electron chi connectivity index (χ0n) is 11.4. The van der Waals surface area contributed by atoms with Crippen molar-refractivity contribution in [2.75, 3.05) is 5.32 Å². The van der Waals surface area contributed by atoms with E-state index in [0.29, 0.717) is 22.7 Å². The fraction of sp³-hybridized carbons (Fsp3) is 0.154. The predicted molar refractivity (Wildman–Crippen MR) is 79.0 cm³/mol. The molecular weight excluding hydrogens is 290 g/mol. The quantitative estimate of drug-likeness (QED) is 0.748. The summed E-state index contributed by atoms with van der Waals surface area (Å²) in [5.74, 6) is 1.50. The number of aryl methyl sites for hydroxylation is 2. The highest BCUT2D eigenvalue weighted by atomic mass is 35.5. The fourth-order valence-corrected chi connectivity index (χ4v) is 2.07. The third-order valence-corrected chi connectivity index (χ3v) is 2.90. The normalized spacial score (nSPS) is 10.6. The van der Waals surface area contributed by atoms with Gasteiger partial charge in [0.1, 0.15) is 16.8 Å². The summed E-state index contributed by atoms with van der Waals surface area (Å²) in [6.45, 7) is 3.84. The Labute approximate surface area is 126 Å². The Morgan fingerprint density at radius 2 is 1.95 bits per heavy atom. The molecule has 0 fully saturated rings. The number of hydrogen-bond acceptors (Lipinski definition) is 6. The molecule has 0 aromatic carbocycles. The topological polar surface area (TPSA) is 81.4 Å². The maximum atomic E-state index is 6.06. The van der Waals surface area contributed by atoms with E-state index in [1.807, 2.05) is 19.9 Å². The van der Waals surface area contributed by atoms with Gasteiger partial charge in [-0.05, 0) is 19.9 Å². The van der Waals surface area contributed by atoms with Gasteiger partial charge in [-0.25, -0.2) is 9.67 Å². The number of anilines is 2. The van der Waals surface area contributed by atoms with Crippen LogP contribution in [0.1, 0.15) is 11.4 Å². The van der Waals surface area contributed by atoms with Crippen molar-refractivity contribution in [2.45, 2.75) is 13.8 Å². The minimum Gasteiger partial charge on any atom is -0.323 e. The summed E-state index contributed by atoms with van der Waals surface area (Å²) in [7, 11) is 0. The molecule has 3 rings (SSSR count). The summed E-state index contributed by atoms with van der Waals surface area (Å²) < 4.78 is 1.64. The number of rotatable bonds is 3. The summed E-state index contributed by atoms with van der Waals surface area (Å²) in [5.41, 5.74) is 1.82. The van der Waals surface area contributed by atoms with Crippen molar-refractivity contribution in [1.82, 2.24) is 29.7 Å². The molecule has 0 saturated carbocycles. The zero-order chi connectivity index (χ0) is 14.8. The Morgan fingerprint density at radius 3 is 2.62 bits per heavy atom. The highest BCUT2D eigenvalue weighted by molar-refractivity contribution is 6.29. The monoisotopic (exact) mass is 301 g/mol. The largest absolute Gasteiger partial charge is 0.323 e. The molecule has 0 amide bonds. The van der Waals surface area contributed by atoms with E-state index >= 15 is 0 Å². The van der Waals surface area contributed by atoms with E-state index in [1.165, 1.54) is 0 Å². The molecule has 3 aromatic heterocycles. The molecule has 106 valence electrons. The van der Waals surface area contributed by atoms with Crippen molar-refractivity contribution in [3.05, 3.63) is 47.3 Å². The molecule has 7 nitrogen and oxygen atoms in total. The fourth-order valence-electron chi connectivity index (χ4n) is 1.89. The molecule has 0 radical (unpaired) electrons. The van der Waals surface area contributed by atoms with Crippen LogP contribution in [0, 0.1) is 13.8 Å². The predicted octanol–water partition coefficient (Wildman–Crippen LogP) is 2.47. The van der Waals surface area contributed by atoms with E-state index in [0.717, 1.165) is 11.4 Å². The lowest BCUT2D eigenvalue weighted by molar-refractivity contribution is 0.775. The summed E-state index contributed by atoms with van der Waals surface area (Å²) >= 11 is 6.06. The van der Waals surface area contributed by atoms with Gasteiger partial charge in [-0.2, -0.15) is 15.1 Å². The van der Waals surface area contributed by atoms with Gasteiger partial charge < -0.3 is 5.32 Å². The van der Waals surface area contributed by atoms with Crippen molar-refractivity contribution < 1.29 is 0 Å². The highest BCUT2D eigenvalue weighted by Crippen LogP contribution is 2.18. The molecule has 0 bridgehead atoms. The minimum absolute atomic E-state index is 0.318. The van der Waals surface area contributed by atoms with Crippen molar-refractivity contribution in [1.29, 1.82) is 0 Å². The molecule has 0 aliphatic rings. The van der Waals surface area contributed by atoms with Gasteiger partial charge in [-0.1, -0.05) is 11.6 Å². The lowest BCUT2D eigenvalue weighted by Crippen LogP contribution is -2.07. The van der Waals surface area contributed by atoms with Crippen LogP contribution in [-0.2, 0) is 0 Å². The molecule has 21 heavy (non-hydrogen) atoms. The highest BCUT2D eigenvalue weighted by Gasteiger charge is 2.10. The number of aromatic nitrogens is 6. The van der Waals surface area contributed by atoms with Gasteiger partial charge >= 0.3 is 0 Å². The number of hydrogen-bond donors (Lipinski definition) is 1. The molecular formula is C13H12ClN7. The van der Waals surface area contributed by atoms with Gasteiger partial charge in [0.05, 0.1) is 11.9 Å². The molecule has 0 aliphatic carbocycles. The average Bonchev–Trinajstić information content (AvgIpc) is 2.78. The smallest absolute Gasteiger partial charge is 0.254 e. The standard InChI is InChI=1S/C13H12ClN7/c1-8-5-9(2)21(20-8)13-17-10(14)6-11(19-13)18-12-7-15-3-4-16-12/h3-7H,1-2H3,(H,16,17,18,19). The van der Waals surface area contributed by atoms with Crippen LogP contribution in [0.5, 0.6) is 0 Å². The van der Waals surface area contributed by atoms with E-state index in [-0.39, 0.29) is 0 Å². The zero-order valence-corrected chi connectivity index (χ0v) is 12.2. The number of nitrogens with one attached hydrogen (secondary N) is 1. The summed E-state index contributed by atoms with van der Waals surface area (Å²) in [5, 5.41) is 7.70. The third kappa shape index (κ3) is 2.97. The Bertz CT molecular complexity index is 769. The van der Waals surface area contributed by atoms with Gasteiger partial charge in [0, 0.05) is 24.2 Å². The first-order chi connectivity index (χ1) is 10.1. The van der Waals surface area contributed by atoms with Crippen LogP contribution in [0.3, 0.4) is 0 Å². The van der Waals surface area contributed by atoms with Gasteiger partial charge in [0.25, 0.3) is 5.95 Å². The first kappa shape index (κ1) is 13.4. The number of nitrogens with zero attached hydrogens (tertiary/aromatic N) is 6. The Morgan fingerprint density at radius 1 is 1.10 bits per heavy atom. The first-order valence-electron chi connectivity index (χ1n) is 6.23. The molecule has 0 spiro atoms.